The molecule has 160 valence electrons. The molecule has 0 saturated carbocycles. The quantitative estimate of drug-likeness (QED) is 0.342. The Hall–Kier alpha value is -2.93. The van der Waals surface area contributed by atoms with E-state index in [-0.39, 0.29) is 12.1 Å². The summed E-state index contributed by atoms with van der Waals surface area (Å²) < 4.78 is 6.33. The molecule has 5 nitrogen and oxygen atoms in total. The zero-order valence-electron chi connectivity index (χ0n) is 16.8. The van der Waals surface area contributed by atoms with E-state index in [1.165, 1.54) is 0 Å². The van der Waals surface area contributed by atoms with Gasteiger partial charge in [-0.25, -0.2) is 0 Å². The lowest BCUT2D eigenvalue weighted by molar-refractivity contribution is 0.269. The molecule has 1 saturated heterocycles. The number of aromatic nitrogens is 2. The first-order valence-corrected chi connectivity index (χ1v) is 11.2. The maximum atomic E-state index is 6.33. The third kappa shape index (κ3) is 4.09. The Morgan fingerprint density at radius 1 is 0.969 bits per heavy atom. The molecule has 1 fully saturated rings. The summed E-state index contributed by atoms with van der Waals surface area (Å²) in [5.74, 6) is 1.49. The summed E-state index contributed by atoms with van der Waals surface area (Å²) >= 11 is 18.0. The van der Waals surface area contributed by atoms with Gasteiger partial charge in [-0.2, -0.15) is 0 Å². The lowest BCUT2D eigenvalue weighted by Gasteiger charge is -2.26. The summed E-state index contributed by atoms with van der Waals surface area (Å²) in [7, 11) is 0. The highest BCUT2D eigenvalue weighted by Crippen LogP contribution is 2.41. The predicted molar refractivity (Wildman–Crippen MR) is 129 cm³/mol. The normalized spacial score (nSPS) is 18.1. The zero-order chi connectivity index (χ0) is 22.1. The molecule has 1 aliphatic heterocycles. The predicted octanol–water partition coefficient (Wildman–Crippen LogP) is 6.22. The van der Waals surface area contributed by atoms with Gasteiger partial charge in [0.25, 0.3) is 0 Å². The van der Waals surface area contributed by atoms with Gasteiger partial charge in [0.1, 0.15) is 17.6 Å². The molecule has 0 radical (unpaired) electrons. The van der Waals surface area contributed by atoms with E-state index in [0.29, 0.717) is 27.5 Å². The summed E-state index contributed by atoms with van der Waals surface area (Å²) in [6.45, 7) is 0.616. The molecule has 3 aromatic heterocycles. The van der Waals surface area contributed by atoms with Crippen molar-refractivity contribution < 1.29 is 4.42 Å². The number of benzene rings is 1. The average molecular weight is 481 g/mol. The highest BCUT2D eigenvalue weighted by Gasteiger charge is 2.41. The van der Waals surface area contributed by atoms with E-state index >= 15 is 0 Å². The highest BCUT2D eigenvalue weighted by molar-refractivity contribution is 7.80. The SMILES string of the molecule is S=C1N[C@@H](c2ccccn2)[C@@H](c2ccc(-c3ccc(Cl)c(Cl)c3)o2)N1Cc1ccncc1. The van der Waals surface area contributed by atoms with Crippen LogP contribution in [0.2, 0.25) is 10.0 Å². The van der Waals surface area contributed by atoms with E-state index in [0.717, 1.165) is 22.6 Å². The largest absolute Gasteiger partial charge is 0.459 e. The van der Waals surface area contributed by atoms with Crippen molar-refractivity contribution in [2.24, 2.45) is 0 Å². The zero-order valence-corrected chi connectivity index (χ0v) is 19.1. The molecule has 2 atom stereocenters. The summed E-state index contributed by atoms with van der Waals surface area (Å²) in [5, 5.41) is 5.07. The monoisotopic (exact) mass is 480 g/mol. The number of thiocarbonyl (C=S) groups is 1. The van der Waals surface area contributed by atoms with Crippen molar-refractivity contribution >= 4 is 40.5 Å². The van der Waals surface area contributed by atoms with Crippen molar-refractivity contribution in [3.8, 4) is 11.3 Å². The Bertz CT molecular complexity index is 1250. The van der Waals surface area contributed by atoms with E-state index in [9.17, 15) is 0 Å². The molecule has 32 heavy (non-hydrogen) atoms. The molecule has 4 aromatic rings. The highest BCUT2D eigenvalue weighted by atomic mass is 35.5. The van der Waals surface area contributed by atoms with Gasteiger partial charge in [0.15, 0.2) is 5.11 Å². The number of nitrogens with zero attached hydrogens (tertiary/aromatic N) is 3. The molecule has 8 heteroatoms. The van der Waals surface area contributed by atoms with Crippen LogP contribution in [0.1, 0.15) is 29.1 Å². The lowest BCUT2D eigenvalue weighted by Crippen LogP contribution is -2.29. The van der Waals surface area contributed by atoms with Gasteiger partial charge in [-0.1, -0.05) is 29.3 Å². The topological polar surface area (TPSA) is 54.2 Å². The van der Waals surface area contributed by atoms with Gasteiger partial charge < -0.3 is 14.6 Å². The van der Waals surface area contributed by atoms with Crippen LogP contribution in [0.3, 0.4) is 0 Å². The van der Waals surface area contributed by atoms with Crippen LogP contribution in [0.4, 0.5) is 0 Å². The number of halogens is 2. The van der Waals surface area contributed by atoms with E-state index in [1.54, 1.807) is 30.7 Å². The van der Waals surface area contributed by atoms with Crippen LogP contribution in [-0.4, -0.2) is 20.0 Å². The molecule has 0 spiro atoms. The van der Waals surface area contributed by atoms with Crippen LogP contribution in [0.25, 0.3) is 11.3 Å². The van der Waals surface area contributed by atoms with E-state index in [4.69, 9.17) is 39.8 Å². The maximum Gasteiger partial charge on any atom is 0.170 e. The summed E-state index contributed by atoms with van der Waals surface area (Å²) in [4.78, 5) is 10.8. The van der Waals surface area contributed by atoms with Crippen molar-refractivity contribution in [2.75, 3.05) is 0 Å². The minimum atomic E-state index is -0.179. The standard InChI is InChI=1S/C24H18Cl2N4OS/c25-17-5-4-16(13-18(17)26)20-6-7-21(31-20)23-22(19-3-1-2-10-28-19)29-24(32)30(23)14-15-8-11-27-12-9-15/h1-13,22-23H,14H2,(H,29,32)/t22-,23+/m0/s1. The number of hydrogen-bond donors (Lipinski definition) is 1. The van der Waals surface area contributed by atoms with Gasteiger partial charge in [-0.3, -0.25) is 9.97 Å². The minimum Gasteiger partial charge on any atom is -0.459 e. The van der Waals surface area contributed by atoms with Crippen LogP contribution in [0, 0.1) is 0 Å². The Morgan fingerprint density at radius 3 is 2.56 bits per heavy atom. The number of pyridine rings is 2. The first kappa shape index (κ1) is 20.9. The summed E-state index contributed by atoms with van der Waals surface area (Å²) in [6.07, 6.45) is 5.34. The van der Waals surface area contributed by atoms with Crippen molar-refractivity contribution in [3.63, 3.8) is 0 Å². The number of rotatable bonds is 5. The van der Waals surface area contributed by atoms with E-state index < -0.39 is 0 Å². The Kier molecular flexibility index (Phi) is 5.83. The third-order valence-corrected chi connectivity index (χ3v) is 6.51. The average Bonchev–Trinajstić information content (AvgIpc) is 3.42. The fraction of sp³-hybridized carbons (Fsp3) is 0.125. The maximum absolute atomic E-state index is 6.33. The second-order valence-corrected chi connectivity index (χ2v) is 8.64. The molecule has 5 rings (SSSR count). The third-order valence-electron chi connectivity index (χ3n) is 5.42. The molecule has 1 N–H and O–H groups in total. The number of nitrogens with one attached hydrogen (secondary N) is 1. The summed E-state index contributed by atoms with van der Waals surface area (Å²) in [5.41, 5.74) is 2.85. The van der Waals surface area contributed by atoms with Crippen molar-refractivity contribution in [3.05, 3.63) is 106 Å². The van der Waals surface area contributed by atoms with Crippen molar-refractivity contribution in [2.45, 2.75) is 18.6 Å². The van der Waals surface area contributed by atoms with Crippen LogP contribution in [0.5, 0.6) is 0 Å². The van der Waals surface area contributed by atoms with Gasteiger partial charge >= 0.3 is 0 Å². The number of furan rings is 1. The van der Waals surface area contributed by atoms with Crippen molar-refractivity contribution in [1.29, 1.82) is 0 Å². The van der Waals surface area contributed by atoms with Crippen LogP contribution in [-0.2, 0) is 6.54 Å². The van der Waals surface area contributed by atoms with Gasteiger partial charge in [0.2, 0.25) is 0 Å². The fourth-order valence-corrected chi connectivity index (χ4v) is 4.49. The second kappa shape index (κ2) is 8.90. The molecule has 0 amide bonds. The number of hydrogen-bond acceptors (Lipinski definition) is 4. The van der Waals surface area contributed by atoms with Crippen LogP contribution >= 0.6 is 35.4 Å². The smallest absolute Gasteiger partial charge is 0.170 e. The molecule has 0 aliphatic carbocycles. The molecule has 0 unspecified atom stereocenters. The Balaban J connectivity index is 1.54. The van der Waals surface area contributed by atoms with E-state index in [2.05, 4.69) is 20.2 Å². The minimum absolute atomic E-state index is 0.154. The van der Waals surface area contributed by atoms with Crippen LogP contribution < -0.4 is 5.32 Å². The van der Waals surface area contributed by atoms with Gasteiger partial charge in [0, 0.05) is 30.7 Å². The first-order chi connectivity index (χ1) is 15.6. The molecule has 1 aliphatic rings. The Morgan fingerprint density at radius 2 is 1.81 bits per heavy atom. The molecule has 4 heterocycles. The lowest BCUT2D eigenvalue weighted by atomic mass is 10.0. The molecule has 0 bridgehead atoms. The van der Waals surface area contributed by atoms with Crippen LogP contribution in [0.15, 0.2) is 83.7 Å². The summed E-state index contributed by atoms with van der Waals surface area (Å²) in [6, 6.07) is 18.9. The van der Waals surface area contributed by atoms with Gasteiger partial charge in [-0.05, 0) is 72.4 Å². The van der Waals surface area contributed by atoms with Gasteiger partial charge in [-0.15, -0.1) is 0 Å². The Labute approximate surface area is 201 Å². The molecular formula is C24H18Cl2N4OS. The fourth-order valence-electron chi connectivity index (χ4n) is 3.89. The molecule has 1 aromatic carbocycles. The van der Waals surface area contributed by atoms with Gasteiger partial charge in [0.05, 0.1) is 21.8 Å². The van der Waals surface area contributed by atoms with E-state index in [1.807, 2.05) is 48.5 Å². The second-order valence-electron chi connectivity index (χ2n) is 7.44. The first-order valence-electron chi connectivity index (χ1n) is 10.0. The molecular weight excluding hydrogens is 463 g/mol. The van der Waals surface area contributed by atoms with Crippen molar-refractivity contribution in [1.82, 2.24) is 20.2 Å².